The molecule has 1 aliphatic carbocycles. The van der Waals surface area contributed by atoms with E-state index in [0.29, 0.717) is 5.41 Å². The average molecular weight is 173 g/mol. The minimum absolute atomic E-state index is 0. The van der Waals surface area contributed by atoms with Gasteiger partial charge in [-0.25, -0.2) is 0 Å². The summed E-state index contributed by atoms with van der Waals surface area (Å²) in [5.74, 6) is 0. The van der Waals surface area contributed by atoms with Crippen LogP contribution in [0.2, 0.25) is 0 Å². The fourth-order valence-corrected chi connectivity index (χ4v) is 1.66. The molecule has 0 spiro atoms. The molecule has 62 valence electrons. The van der Waals surface area contributed by atoms with Gasteiger partial charge in [-0.1, -0.05) is 13.8 Å². The van der Waals surface area contributed by atoms with Crippen LogP contribution in [0.25, 0.3) is 0 Å². The third-order valence-electron chi connectivity index (χ3n) is 2.41. The van der Waals surface area contributed by atoms with Gasteiger partial charge in [-0.15, -0.1) is 12.4 Å². The van der Waals surface area contributed by atoms with E-state index in [9.17, 15) is 0 Å². The van der Waals surface area contributed by atoms with E-state index in [1.54, 1.807) is 0 Å². The first-order valence-corrected chi connectivity index (χ1v) is 3.73. The molecule has 0 amide bonds. The number of nitrogens with zero attached hydrogens (tertiary/aromatic N) is 1. The minimum atomic E-state index is 0. The van der Waals surface area contributed by atoms with Crippen molar-refractivity contribution in [2.75, 3.05) is 0 Å². The normalized spacial score (nSPS) is 19.1. The maximum absolute atomic E-state index is 4.01. The monoisotopic (exact) mass is 172 g/mol. The summed E-state index contributed by atoms with van der Waals surface area (Å²) in [5.41, 5.74) is 3.09. The number of hydrogen-bond acceptors (Lipinski definition) is 1. The predicted octanol–water partition coefficient (Wildman–Crippen LogP) is 2.06. The predicted molar refractivity (Wildman–Crippen MR) is 47.2 cm³/mol. The van der Waals surface area contributed by atoms with Gasteiger partial charge in [0.05, 0.1) is 6.20 Å². The molecule has 2 rings (SSSR count). The highest BCUT2D eigenvalue weighted by atomic mass is 35.5. The van der Waals surface area contributed by atoms with Crippen molar-refractivity contribution in [1.82, 2.24) is 10.2 Å². The van der Waals surface area contributed by atoms with Crippen LogP contribution < -0.4 is 0 Å². The van der Waals surface area contributed by atoms with E-state index in [4.69, 9.17) is 0 Å². The van der Waals surface area contributed by atoms with E-state index >= 15 is 0 Å². The lowest BCUT2D eigenvalue weighted by molar-refractivity contribution is 0.504. The summed E-state index contributed by atoms with van der Waals surface area (Å²) in [4.78, 5) is 0. The minimum Gasteiger partial charge on any atom is -0.282 e. The summed E-state index contributed by atoms with van der Waals surface area (Å²) in [6, 6.07) is 0. The standard InChI is InChI=1S/C8H12N2.ClH/c1-8(2)4-3-6-5-9-10-7(6)8;/h5H,3-4H2,1-2H3,(H,9,10);1H. The van der Waals surface area contributed by atoms with E-state index in [1.165, 1.54) is 24.1 Å². The Morgan fingerprint density at radius 2 is 2.27 bits per heavy atom. The molecule has 1 aromatic rings. The molecule has 0 atom stereocenters. The first kappa shape index (κ1) is 8.60. The molecular formula is C8H13ClN2. The Labute approximate surface area is 72.8 Å². The van der Waals surface area contributed by atoms with E-state index in [2.05, 4.69) is 24.0 Å². The Balaban J connectivity index is 0.000000605. The summed E-state index contributed by atoms with van der Waals surface area (Å²) < 4.78 is 0. The third kappa shape index (κ3) is 1.16. The molecular weight excluding hydrogens is 160 g/mol. The Bertz CT molecular complexity index is 252. The van der Waals surface area contributed by atoms with Crippen molar-refractivity contribution in [3.8, 4) is 0 Å². The van der Waals surface area contributed by atoms with Gasteiger partial charge in [0.15, 0.2) is 0 Å². The van der Waals surface area contributed by atoms with Gasteiger partial charge in [0.2, 0.25) is 0 Å². The highest BCUT2D eigenvalue weighted by Crippen LogP contribution is 2.35. The fraction of sp³-hybridized carbons (Fsp3) is 0.625. The number of aromatic nitrogens is 2. The highest BCUT2D eigenvalue weighted by molar-refractivity contribution is 5.85. The molecule has 0 aliphatic heterocycles. The van der Waals surface area contributed by atoms with Crippen LogP contribution in [-0.4, -0.2) is 10.2 Å². The first-order chi connectivity index (χ1) is 4.70. The third-order valence-corrected chi connectivity index (χ3v) is 2.41. The lowest BCUT2D eigenvalue weighted by Crippen LogP contribution is -2.12. The highest BCUT2D eigenvalue weighted by Gasteiger charge is 2.31. The second-order valence-electron chi connectivity index (χ2n) is 3.65. The number of H-pyrrole nitrogens is 1. The largest absolute Gasteiger partial charge is 0.282 e. The van der Waals surface area contributed by atoms with Crippen molar-refractivity contribution < 1.29 is 0 Å². The topological polar surface area (TPSA) is 28.7 Å². The maximum Gasteiger partial charge on any atom is 0.0522 e. The molecule has 0 bridgehead atoms. The van der Waals surface area contributed by atoms with Crippen LogP contribution in [-0.2, 0) is 11.8 Å². The molecule has 0 radical (unpaired) electrons. The molecule has 1 heterocycles. The van der Waals surface area contributed by atoms with Crippen LogP contribution in [0.1, 0.15) is 31.5 Å². The van der Waals surface area contributed by atoms with E-state index in [1.807, 2.05) is 6.20 Å². The Morgan fingerprint density at radius 1 is 1.55 bits per heavy atom. The number of nitrogens with one attached hydrogen (secondary N) is 1. The summed E-state index contributed by atoms with van der Waals surface area (Å²) in [6.07, 6.45) is 4.40. The molecule has 3 heteroatoms. The van der Waals surface area contributed by atoms with Crippen molar-refractivity contribution >= 4 is 12.4 Å². The number of aryl methyl sites for hydroxylation is 1. The SMILES string of the molecule is CC1(C)CCc2cn[nH]c21.Cl. The van der Waals surface area contributed by atoms with Crippen LogP contribution in [0.4, 0.5) is 0 Å². The van der Waals surface area contributed by atoms with E-state index in [0.717, 1.165) is 0 Å². The molecule has 11 heavy (non-hydrogen) atoms. The zero-order chi connectivity index (χ0) is 7.19. The maximum atomic E-state index is 4.01. The van der Waals surface area contributed by atoms with Crippen molar-refractivity contribution in [2.24, 2.45) is 0 Å². The number of rotatable bonds is 0. The molecule has 0 aromatic carbocycles. The number of halogens is 1. The van der Waals surface area contributed by atoms with E-state index in [-0.39, 0.29) is 12.4 Å². The van der Waals surface area contributed by atoms with Gasteiger partial charge in [-0.2, -0.15) is 5.10 Å². The second-order valence-corrected chi connectivity index (χ2v) is 3.65. The summed E-state index contributed by atoms with van der Waals surface area (Å²) >= 11 is 0. The van der Waals surface area contributed by atoms with Crippen LogP contribution >= 0.6 is 12.4 Å². The Hall–Kier alpha value is -0.500. The van der Waals surface area contributed by atoms with Crippen molar-refractivity contribution in [3.05, 3.63) is 17.5 Å². The molecule has 0 saturated carbocycles. The summed E-state index contributed by atoms with van der Waals surface area (Å²) in [6.45, 7) is 4.52. The summed E-state index contributed by atoms with van der Waals surface area (Å²) in [5, 5.41) is 7.07. The Morgan fingerprint density at radius 3 is 2.91 bits per heavy atom. The van der Waals surface area contributed by atoms with Crippen LogP contribution in [0, 0.1) is 0 Å². The smallest absolute Gasteiger partial charge is 0.0522 e. The number of fused-ring (bicyclic) bond motifs is 1. The van der Waals surface area contributed by atoms with Gasteiger partial charge in [0.1, 0.15) is 0 Å². The van der Waals surface area contributed by atoms with Gasteiger partial charge in [0.25, 0.3) is 0 Å². The fourth-order valence-electron chi connectivity index (χ4n) is 1.66. The lowest BCUT2D eigenvalue weighted by atomic mass is 9.91. The zero-order valence-electron chi connectivity index (χ0n) is 6.85. The second kappa shape index (κ2) is 2.52. The molecule has 1 N–H and O–H groups in total. The molecule has 1 aromatic heterocycles. The number of hydrogen-bond donors (Lipinski definition) is 1. The van der Waals surface area contributed by atoms with Gasteiger partial charge in [-0.05, 0) is 18.4 Å². The van der Waals surface area contributed by atoms with Gasteiger partial charge < -0.3 is 0 Å². The van der Waals surface area contributed by atoms with Crippen molar-refractivity contribution in [2.45, 2.75) is 32.1 Å². The molecule has 0 fully saturated rings. The molecule has 0 saturated heterocycles. The average Bonchev–Trinajstić information content (AvgIpc) is 2.36. The molecule has 2 nitrogen and oxygen atoms in total. The molecule has 0 unspecified atom stereocenters. The first-order valence-electron chi connectivity index (χ1n) is 3.73. The summed E-state index contributed by atoms with van der Waals surface area (Å²) in [7, 11) is 0. The number of aromatic amines is 1. The van der Waals surface area contributed by atoms with Crippen LogP contribution in [0.15, 0.2) is 6.20 Å². The molecule has 1 aliphatic rings. The zero-order valence-corrected chi connectivity index (χ0v) is 7.66. The lowest BCUT2D eigenvalue weighted by Gasteiger charge is -2.15. The van der Waals surface area contributed by atoms with Crippen LogP contribution in [0.3, 0.4) is 0 Å². The van der Waals surface area contributed by atoms with Crippen LogP contribution in [0.5, 0.6) is 0 Å². The van der Waals surface area contributed by atoms with Crippen molar-refractivity contribution in [3.63, 3.8) is 0 Å². The van der Waals surface area contributed by atoms with Gasteiger partial charge >= 0.3 is 0 Å². The van der Waals surface area contributed by atoms with E-state index < -0.39 is 0 Å². The van der Waals surface area contributed by atoms with Gasteiger partial charge in [-0.3, -0.25) is 5.10 Å². The Kier molecular flexibility index (Phi) is 1.97. The quantitative estimate of drug-likeness (QED) is 0.638. The van der Waals surface area contributed by atoms with Gasteiger partial charge in [0, 0.05) is 11.1 Å². The van der Waals surface area contributed by atoms with Crippen molar-refractivity contribution in [1.29, 1.82) is 0 Å².